The Morgan fingerprint density at radius 1 is 1.18 bits per heavy atom. The molecule has 4 aliphatic heterocycles. The van der Waals surface area contributed by atoms with Gasteiger partial charge < -0.3 is 29.4 Å². The number of anilines is 2. The zero-order valence-corrected chi connectivity index (χ0v) is 21.7. The second-order valence-corrected chi connectivity index (χ2v) is 11.5. The Morgan fingerprint density at radius 3 is 2.83 bits per heavy atom. The van der Waals surface area contributed by atoms with E-state index in [2.05, 4.69) is 30.5 Å². The summed E-state index contributed by atoms with van der Waals surface area (Å²) in [4.78, 5) is 41.4. The van der Waals surface area contributed by atoms with Crippen molar-refractivity contribution in [2.75, 3.05) is 49.5 Å². The predicted octanol–water partition coefficient (Wildman–Crippen LogP) is 2.33. The fourth-order valence-electron chi connectivity index (χ4n) is 6.54. The van der Waals surface area contributed by atoms with Crippen molar-refractivity contribution in [1.29, 1.82) is 0 Å². The van der Waals surface area contributed by atoms with E-state index in [4.69, 9.17) is 13.9 Å². The minimum atomic E-state index is -0.598. The van der Waals surface area contributed by atoms with E-state index in [9.17, 15) is 9.59 Å². The monoisotopic (exact) mass is 549 g/mol. The maximum absolute atomic E-state index is 15.4. The first-order valence-electron chi connectivity index (χ1n) is 13.8. The first kappa shape index (κ1) is 24.0. The number of amides is 2. The number of hydrogen-bond acceptors (Lipinski definition) is 10. The van der Waals surface area contributed by atoms with Crippen molar-refractivity contribution in [1.82, 2.24) is 25.2 Å². The number of aromatic nitrogens is 3. The van der Waals surface area contributed by atoms with Gasteiger partial charge in [-0.2, -0.15) is 0 Å². The fourth-order valence-corrected chi connectivity index (χ4v) is 6.54. The minimum absolute atomic E-state index is 0.0891. The molecule has 1 aromatic carbocycles. The molecule has 2 atom stereocenters. The van der Waals surface area contributed by atoms with Crippen molar-refractivity contribution in [3.63, 3.8) is 0 Å². The topological polar surface area (TPSA) is 135 Å². The molecule has 3 saturated heterocycles. The summed E-state index contributed by atoms with van der Waals surface area (Å²) >= 11 is 0. The second kappa shape index (κ2) is 8.83. The third-order valence-electron chi connectivity index (χ3n) is 8.81. The first-order chi connectivity index (χ1) is 19.4. The number of piperidine rings is 1. The minimum Gasteiger partial charge on any atom is -0.465 e. The maximum atomic E-state index is 15.4. The fraction of sp³-hybridized carbons (Fsp3) is 0.519. The number of benzene rings is 1. The Kier molecular flexibility index (Phi) is 5.30. The van der Waals surface area contributed by atoms with Crippen LogP contribution >= 0.6 is 0 Å². The van der Waals surface area contributed by atoms with Crippen molar-refractivity contribution in [3.8, 4) is 5.88 Å². The summed E-state index contributed by atoms with van der Waals surface area (Å²) in [6, 6.07) is 2.09. The summed E-state index contributed by atoms with van der Waals surface area (Å²) < 4.78 is 32.3. The van der Waals surface area contributed by atoms with Crippen LogP contribution in [-0.4, -0.2) is 76.8 Å². The second-order valence-electron chi connectivity index (χ2n) is 11.5. The zero-order valence-electron chi connectivity index (χ0n) is 21.7. The molecule has 0 saturated carbocycles. The largest absolute Gasteiger partial charge is 0.465 e. The molecule has 1 spiro atoms. The molecule has 12 nitrogen and oxygen atoms in total. The normalized spacial score (nSPS) is 25.4. The van der Waals surface area contributed by atoms with Gasteiger partial charge >= 0.3 is 6.09 Å². The van der Waals surface area contributed by atoms with Gasteiger partial charge in [0.1, 0.15) is 11.1 Å². The Bertz CT molecular complexity index is 1550. The van der Waals surface area contributed by atoms with Gasteiger partial charge in [-0.1, -0.05) is 0 Å². The summed E-state index contributed by atoms with van der Waals surface area (Å²) in [7, 11) is 0. The molecule has 2 amide bonds. The van der Waals surface area contributed by atoms with Crippen molar-refractivity contribution < 1.29 is 27.9 Å². The van der Waals surface area contributed by atoms with Crippen LogP contribution in [0.15, 0.2) is 16.7 Å². The number of likely N-dealkylation sites (tertiary alicyclic amines) is 1. The van der Waals surface area contributed by atoms with E-state index < -0.39 is 11.7 Å². The Morgan fingerprint density at radius 2 is 2.02 bits per heavy atom. The van der Waals surface area contributed by atoms with E-state index in [-0.39, 0.29) is 41.7 Å². The summed E-state index contributed by atoms with van der Waals surface area (Å²) in [5.41, 5.74) is 2.06. The van der Waals surface area contributed by atoms with Gasteiger partial charge in [0.2, 0.25) is 5.89 Å². The van der Waals surface area contributed by atoms with Gasteiger partial charge in [0.05, 0.1) is 18.8 Å². The van der Waals surface area contributed by atoms with E-state index in [0.717, 1.165) is 50.1 Å². The summed E-state index contributed by atoms with van der Waals surface area (Å²) in [6.07, 6.45) is 4.82. The van der Waals surface area contributed by atoms with Crippen LogP contribution in [0.4, 0.5) is 20.8 Å². The van der Waals surface area contributed by atoms with Crippen LogP contribution < -0.4 is 20.3 Å². The van der Waals surface area contributed by atoms with Crippen LogP contribution in [0, 0.1) is 11.7 Å². The van der Waals surface area contributed by atoms with Crippen LogP contribution in [0.2, 0.25) is 0 Å². The molecule has 6 heterocycles. The van der Waals surface area contributed by atoms with Crippen LogP contribution in [0.3, 0.4) is 0 Å². The smallest absolute Gasteiger partial charge is 0.416 e. The Hall–Kier alpha value is -3.84. The number of nitrogens with one attached hydrogen (secondary N) is 2. The summed E-state index contributed by atoms with van der Waals surface area (Å²) in [5, 5.41) is 5.88. The van der Waals surface area contributed by atoms with Gasteiger partial charge in [0, 0.05) is 32.5 Å². The molecule has 1 aliphatic carbocycles. The lowest BCUT2D eigenvalue weighted by Crippen LogP contribution is -2.48. The van der Waals surface area contributed by atoms with Crippen LogP contribution in [0.25, 0.3) is 11.1 Å². The molecule has 3 fully saturated rings. The lowest BCUT2D eigenvalue weighted by Gasteiger charge is -2.38. The summed E-state index contributed by atoms with van der Waals surface area (Å²) in [6.45, 7) is 3.59. The predicted molar refractivity (Wildman–Crippen MR) is 139 cm³/mol. The molecule has 0 radical (unpaired) electrons. The van der Waals surface area contributed by atoms with E-state index >= 15 is 4.39 Å². The number of hydrogen-bond donors (Lipinski definition) is 2. The molecule has 1 unspecified atom stereocenters. The third kappa shape index (κ3) is 3.90. The standard InChI is InChI=1S/C27H28FN7O5/c28-21-16-8-14(7-15(16)9-18-22(21)39-24(31-18)17-1-4-29-17)11-34-5-2-27(3-6-34)13-35(26(37)40-27)19-10-30-25-23(32-19)33-20(36)12-38-25/h9-10,14,17,29H,1-8,11-13H2,(H,32,33,36)/t14?,17-/m1/s1. The van der Waals surface area contributed by atoms with Gasteiger partial charge in [-0.25, -0.2) is 24.1 Å². The third-order valence-corrected chi connectivity index (χ3v) is 8.81. The van der Waals surface area contributed by atoms with Gasteiger partial charge in [0.25, 0.3) is 11.8 Å². The number of nitrogens with zero attached hydrogens (tertiary/aromatic N) is 5. The maximum Gasteiger partial charge on any atom is 0.416 e. The van der Waals surface area contributed by atoms with Crippen molar-refractivity contribution in [3.05, 3.63) is 35.1 Å². The lowest BCUT2D eigenvalue weighted by molar-refractivity contribution is -0.118. The van der Waals surface area contributed by atoms with Gasteiger partial charge in [0.15, 0.2) is 29.6 Å². The number of oxazole rings is 1. The average molecular weight is 550 g/mol. The number of carbonyl (C=O) groups is 2. The summed E-state index contributed by atoms with van der Waals surface area (Å²) in [5.74, 6) is 1.05. The highest BCUT2D eigenvalue weighted by atomic mass is 19.1. The molecule has 2 N–H and O–H groups in total. The Balaban J connectivity index is 0.905. The first-order valence-corrected chi connectivity index (χ1v) is 13.8. The SMILES string of the molecule is O=C1COc2ncc(N3CC4(CCN(CC5Cc6cc7nc([C@H]8CCN8)oc7c(F)c6C5)CC4)OC3=O)nc2N1. The molecule has 0 bridgehead atoms. The lowest BCUT2D eigenvalue weighted by atomic mass is 9.90. The quantitative estimate of drug-likeness (QED) is 0.499. The van der Waals surface area contributed by atoms with E-state index in [0.29, 0.717) is 49.0 Å². The highest BCUT2D eigenvalue weighted by molar-refractivity contribution is 5.94. The van der Waals surface area contributed by atoms with Gasteiger partial charge in [-0.05, 0) is 48.9 Å². The number of rotatable bonds is 4. The Labute approximate surface area is 228 Å². The molecule has 8 rings (SSSR count). The molecule has 40 heavy (non-hydrogen) atoms. The van der Waals surface area contributed by atoms with Gasteiger partial charge in [-0.3, -0.25) is 9.69 Å². The van der Waals surface area contributed by atoms with Gasteiger partial charge in [-0.15, -0.1) is 0 Å². The van der Waals surface area contributed by atoms with Crippen LogP contribution in [0.5, 0.6) is 5.88 Å². The molecule has 3 aromatic rings. The van der Waals surface area contributed by atoms with Crippen LogP contribution in [-0.2, 0) is 22.4 Å². The van der Waals surface area contributed by atoms with Crippen LogP contribution in [0.1, 0.15) is 42.3 Å². The zero-order chi connectivity index (χ0) is 27.0. The number of carbonyl (C=O) groups excluding carboxylic acids is 2. The highest BCUT2D eigenvalue weighted by Gasteiger charge is 2.48. The van der Waals surface area contributed by atoms with Crippen molar-refractivity contribution in [2.45, 2.75) is 43.7 Å². The number of fused-ring (bicyclic) bond motifs is 3. The molecule has 13 heteroatoms. The molecular formula is C27H28FN7O5. The van der Waals surface area contributed by atoms with Crippen molar-refractivity contribution >= 4 is 34.7 Å². The van der Waals surface area contributed by atoms with E-state index in [1.54, 1.807) is 0 Å². The molecular weight excluding hydrogens is 521 g/mol. The molecule has 5 aliphatic rings. The van der Waals surface area contributed by atoms with E-state index in [1.165, 1.54) is 11.1 Å². The van der Waals surface area contributed by atoms with E-state index in [1.807, 2.05) is 6.07 Å². The molecule has 2 aromatic heterocycles. The average Bonchev–Trinajstić information content (AvgIpc) is 3.60. The number of halogens is 1. The van der Waals surface area contributed by atoms with Crippen molar-refractivity contribution in [2.24, 2.45) is 5.92 Å². The molecule has 208 valence electrons. The number of ether oxygens (including phenoxy) is 2. The highest BCUT2D eigenvalue weighted by Crippen LogP contribution is 2.39.